The number of benzene rings is 1. The van der Waals surface area contributed by atoms with Crippen LogP contribution in [0.25, 0.3) is 11.0 Å². The molecule has 1 aromatic carbocycles. The molecule has 2 rings (SSSR count). The predicted molar refractivity (Wildman–Crippen MR) is 70.7 cm³/mol. The molecule has 90 valence electrons. The first-order chi connectivity index (χ1) is 8.00. The van der Waals surface area contributed by atoms with Gasteiger partial charge in [-0.25, -0.2) is 4.79 Å². The number of anilines is 1. The standard InChI is InChI=1S/C14H17NO2/c1-8(2)15-12-7-5-6-11-9(3)10(4)14(16)17-13(11)12/h5-8,15H,1-4H3. The molecule has 0 aliphatic heterocycles. The quantitative estimate of drug-likeness (QED) is 0.807. The van der Waals surface area contributed by atoms with Crippen LogP contribution in [-0.2, 0) is 0 Å². The average molecular weight is 231 g/mol. The molecule has 3 heteroatoms. The van der Waals surface area contributed by atoms with Gasteiger partial charge in [0, 0.05) is 17.0 Å². The van der Waals surface area contributed by atoms with Gasteiger partial charge in [-0.2, -0.15) is 0 Å². The minimum atomic E-state index is -0.256. The summed E-state index contributed by atoms with van der Waals surface area (Å²) in [5, 5.41) is 4.28. The summed E-state index contributed by atoms with van der Waals surface area (Å²) in [5.41, 5.74) is 2.93. The third kappa shape index (κ3) is 2.05. The molecule has 1 heterocycles. The van der Waals surface area contributed by atoms with Crippen LogP contribution in [0.5, 0.6) is 0 Å². The van der Waals surface area contributed by atoms with Crippen molar-refractivity contribution >= 4 is 16.7 Å². The van der Waals surface area contributed by atoms with Crippen LogP contribution >= 0.6 is 0 Å². The van der Waals surface area contributed by atoms with Crippen molar-refractivity contribution in [1.82, 2.24) is 0 Å². The maximum absolute atomic E-state index is 11.7. The van der Waals surface area contributed by atoms with Crippen LogP contribution in [0.2, 0.25) is 0 Å². The highest BCUT2D eigenvalue weighted by Gasteiger charge is 2.10. The van der Waals surface area contributed by atoms with Crippen molar-refractivity contribution in [3.8, 4) is 0 Å². The summed E-state index contributed by atoms with van der Waals surface area (Å²) in [5.74, 6) is 0. The Morgan fingerprint density at radius 3 is 2.53 bits per heavy atom. The summed E-state index contributed by atoms with van der Waals surface area (Å²) in [6.07, 6.45) is 0. The van der Waals surface area contributed by atoms with E-state index in [9.17, 15) is 4.79 Å². The van der Waals surface area contributed by atoms with Crippen molar-refractivity contribution in [3.05, 3.63) is 39.7 Å². The summed E-state index contributed by atoms with van der Waals surface area (Å²) in [6.45, 7) is 7.85. The fourth-order valence-corrected chi connectivity index (χ4v) is 1.89. The van der Waals surface area contributed by atoms with Crippen molar-refractivity contribution in [3.63, 3.8) is 0 Å². The smallest absolute Gasteiger partial charge is 0.339 e. The molecule has 1 aromatic heterocycles. The lowest BCUT2D eigenvalue weighted by molar-refractivity contribution is 0.554. The van der Waals surface area contributed by atoms with Crippen molar-refractivity contribution in [2.75, 3.05) is 5.32 Å². The second-order valence-electron chi connectivity index (χ2n) is 4.62. The summed E-state index contributed by atoms with van der Waals surface area (Å²) in [6, 6.07) is 6.18. The number of para-hydroxylation sites is 1. The first kappa shape index (κ1) is 11.7. The molecule has 0 bridgehead atoms. The number of rotatable bonds is 2. The predicted octanol–water partition coefficient (Wildman–Crippen LogP) is 3.23. The van der Waals surface area contributed by atoms with Crippen LogP contribution in [0.4, 0.5) is 5.69 Å². The number of aryl methyl sites for hydroxylation is 1. The van der Waals surface area contributed by atoms with E-state index in [4.69, 9.17) is 4.42 Å². The summed E-state index contributed by atoms with van der Waals surface area (Å²) < 4.78 is 5.39. The van der Waals surface area contributed by atoms with Crippen LogP contribution in [0.15, 0.2) is 27.4 Å². The topological polar surface area (TPSA) is 42.2 Å². The molecular formula is C14H17NO2. The SMILES string of the molecule is Cc1c(C)c2cccc(NC(C)C)c2oc1=O. The molecule has 2 aromatic rings. The van der Waals surface area contributed by atoms with Gasteiger partial charge in [0.05, 0.1) is 5.69 Å². The number of hydrogen-bond acceptors (Lipinski definition) is 3. The fourth-order valence-electron chi connectivity index (χ4n) is 1.89. The lowest BCUT2D eigenvalue weighted by atomic mass is 10.1. The van der Waals surface area contributed by atoms with E-state index in [1.807, 2.05) is 25.1 Å². The molecule has 0 spiro atoms. The highest BCUT2D eigenvalue weighted by Crippen LogP contribution is 2.26. The first-order valence-corrected chi connectivity index (χ1v) is 5.80. The Bertz CT molecular complexity index is 611. The van der Waals surface area contributed by atoms with E-state index in [0.717, 1.165) is 16.6 Å². The molecule has 0 aliphatic rings. The second kappa shape index (κ2) is 4.24. The normalized spacial score (nSPS) is 11.1. The average Bonchev–Trinajstić information content (AvgIpc) is 2.27. The van der Waals surface area contributed by atoms with Crippen molar-refractivity contribution in [2.45, 2.75) is 33.7 Å². The van der Waals surface area contributed by atoms with E-state index < -0.39 is 0 Å². The van der Waals surface area contributed by atoms with Crippen LogP contribution in [-0.4, -0.2) is 6.04 Å². The third-order valence-electron chi connectivity index (χ3n) is 2.93. The second-order valence-corrected chi connectivity index (χ2v) is 4.62. The monoisotopic (exact) mass is 231 g/mol. The minimum absolute atomic E-state index is 0.256. The molecule has 0 radical (unpaired) electrons. The molecular weight excluding hydrogens is 214 g/mol. The molecule has 17 heavy (non-hydrogen) atoms. The van der Waals surface area contributed by atoms with Crippen LogP contribution in [0.3, 0.4) is 0 Å². The Morgan fingerprint density at radius 2 is 1.88 bits per heavy atom. The summed E-state index contributed by atoms with van der Waals surface area (Å²) in [7, 11) is 0. The Labute approximate surface area is 100 Å². The molecule has 0 saturated carbocycles. The van der Waals surface area contributed by atoms with Crippen molar-refractivity contribution in [1.29, 1.82) is 0 Å². The zero-order chi connectivity index (χ0) is 12.6. The number of hydrogen-bond donors (Lipinski definition) is 1. The van der Waals surface area contributed by atoms with Gasteiger partial charge in [0.15, 0.2) is 5.58 Å². The third-order valence-corrected chi connectivity index (χ3v) is 2.93. The molecule has 1 N–H and O–H groups in total. The van der Waals surface area contributed by atoms with E-state index >= 15 is 0 Å². The largest absolute Gasteiger partial charge is 0.420 e. The van der Waals surface area contributed by atoms with E-state index in [0.29, 0.717) is 17.2 Å². The first-order valence-electron chi connectivity index (χ1n) is 5.80. The van der Waals surface area contributed by atoms with Gasteiger partial charge in [0.25, 0.3) is 0 Å². The molecule has 0 aliphatic carbocycles. The van der Waals surface area contributed by atoms with Crippen LogP contribution < -0.4 is 10.9 Å². The lowest BCUT2D eigenvalue weighted by Crippen LogP contribution is -2.12. The molecule has 0 amide bonds. The number of nitrogens with one attached hydrogen (secondary N) is 1. The minimum Gasteiger partial charge on any atom is -0.420 e. The summed E-state index contributed by atoms with van der Waals surface area (Å²) >= 11 is 0. The van der Waals surface area contributed by atoms with E-state index in [1.54, 1.807) is 6.92 Å². The van der Waals surface area contributed by atoms with Gasteiger partial charge < -0.3 is 9.73 Å². The maximum atomic E-state index is 11.7. The van der Waals surface area contributed by atoms with Crippen LogP contribution in [0.1, 0.15) is 25.0 Å². The molecule has 3 nitrogen and oxygen atoms in total. The Balaban J connectivity index is 2.77. The molecule has 0 saturated heterocycles. The molecule has 0 atom stereocenters. The number of fused-ring (bicyclic) bond motifs is 1. The Morgan fingerprint density at radius 1 is 1.18 bits per heavy atom. The molecule has 0 unspecified atom stereocenters. The van der Waals surface area contributed by atoms with Gasteiger partial charge in [0.1, 0.15) is 0 Å². The zero-order valence-electron chi connectivity index (χ0n) is 10.6. The van der Waals surface area contributed by atoms with E-state index in [-0.39, 0.29) is 5.63 Å². The fraction of sp³-hybridized carbons (Fsp3) is 0.357. The highest BCUT2D eigenvalue weighted by atomic mass is 16.4. The van der Waals surface area contributed by atoms with Gasteiger partial charge in [-0.15, -0.1) is 0 Å². The van der Waals surface area contributed by atoms with Crippen molar-refractivity contribution < 1.29 is 4.42 Å². The van der Waals surface area contributed by atoms with Crippen molar-refractivity contribution in [2.24, 2.45) is 0 Å². The van der Waals surface area contributed by atoms with Gasteiger partial charge in [-0.3, -0.25) is 0 Å². The van der Waals surface area contributed by atoms with E-state index in [2.05, 4.69) is 19.2 Å². The molecule has 0 fully saturated rings. The Kier molecular flexibility index (Phi) is 2.92. The van der Waals surface area contributed by atoms with E-state index in [1.165, 1.54) is 0 Å². The maximum Gasteiger partial charge on any atom is 0.339 e. The highest BCUT2D eigenvalue weighted by molar-refractivity contribution is 5.91. The zero-order valence-corrected chi connectivity index (χ0v) is 10.6. The lowest BCUT2D eigenvalue weighted by Gasteiger charge is -2.12. The van der Waals surface area contributed by atoms with Gasteiger partial charge in [-0.1, -0.05) is 12.1 Å². The summed E-state index contributed by atoms with van der Waals surface area (Å²) in [4.78, 5) is 11.7. The van der Waals surface area contributed by atoms with Gasteiger partial charge in [-0.05, 0) is 39.3 Å². The van der Waals surface area contributed by atoms with Gasteiger partial charge in [0.2, 0.25) is 0 Å². The Hall–Kier alpha value is -1.77. The van der Waals surface area contributed by atoms with Gasteiger partial charge >= 0.3 is 5.63 Å². The van der Waals surface area contributed by atoms with Crippen LogP contribution in [0, 0.1) is 13.8 Å².